The van der Waals surface area contributed by atoms with E-state index in [1.807, 2.05) is 0 Å². The van der Waals surface area contributed by atoms with Crippen LogP contribution in [0.25, 0.3) is 21.7 Å². The molecular formula is C14H10O4. The van der Waals surface area contributed by atoms with Crippen molar-refractivity contribution in [1.82, 2.24) is 0 Å². The average molecular weight is 242 g/mol. The molecule has 3 rings (SSSR count). The Morgan fingerprint density at radius 1 is 1.06 bits per heavy atom. The summed E-state index contributed by atoms with van der Waals surface area (Å²) in [5, 5.41) is 21.6. The summed E-state index contributed by atoms with van der Waals surface area (Å²) >= 11 is 0. The molecule has 0 radical (unpaired) electrons. The number of aromatic hydroxyl groups is 2. The Hall–Kier alpha value is -2.49. The smallest absolute Gasteiger partial charge is 0.194 e. The Labute approximate surface area is 102 Å². The number of phenolic OH excluding ortho intramolecular Hbond substituents is 2. The summed E-state index contributed by atoms with van der Waals surface area (Å²) < 4.78 is 5.29. The van der Waals surface area contributed by atoms with Crippen molar-refractivity contribution in [3.8, 4) is 11.5 Å². The number of fused-ring (bicyclic) bond motifs is 2. The van der Waals surface area contributed by atoms with Crippen LogP contribution in [0.15, 0.2) is 34.7 Å². The zero-order valence-corrected chi connectivity index (χ0v) is 9.60. The summed E-state index contributed by atoms with van der Waals surface area (Å²) in [6.45, 7) is 1.37. The van der Waals surface area contributed by atoms with Crippen LogP contribution in [0.4, 0.5) is 0 Å². The van der Waals surface area contributed by atoms with Gasteiger partial charge in [-0.2, -0.15) is 0 Å². The molecule has 0 aliphatic heterocycles. The lowest BCUT2D eigenvalue weighted by molar-refractivity contribution is 0.0989. The number of hydrogen-bond acceptors (Lipinski definition) is 4. The molecule has 0 saturated heterocycles. The number of furan rings is 1. The van der Waals surface area contributed by atoms with E-state index in [4.69, 9.17) is 4.42 Å². The fourth-order valence-electron chi connectivity index (χ4n) is 2.08. The van der Waals surface area contributed by atoms with Crippen LogP contribution in [-0.4, -0.2) is 16.0 Å². The van der Waals surface area contributed by atoms with Gasteiger partial charge in [0.2, 0.25) is 0 Å². The Kier molecular flexibility index (Phi) is 2.07. The van der Waals surface area contributed by atoms with Gasteiger partial charge in [0.05, 0.1) is 5.39 Å². The quantitative estimate of drug-likeness (QED) is 0.507. The van der Waals surface area contributed by atoms with Crippen molar-refractivity contribution in [3.05, 3.63) is 36.1 Å². The maximum absolute atomic E-state index is 11.3. The number of rotatable bonds is 1. The third-order valence-electron chi connectivity index (χ3n) is 2.99. The van der Waals surface area contributed by atoms with Gasteiger partial charge >= 0.3 is 0 Å². The first-order valence-electron chi connectivity index (χ1n) is 5.46. The number of ketones is 1. The van der Waals surface area contributed by atoms with Crippen LogP contribution in [-0.2, 0) is 0 Å². The van der Waals surface area contributed by atoms with Crippen LogP contribution in [0.1, 0.15) is 17.5 Å². The molecular weight excluding hydrogens is 232 g/mol. The Balaban J connectivity index is 2.54. The first kappa shape index (κ1) is 10.7. The third kappa shape index (κ3) is 1.29. The van der Waals surface area contributed by atoms with Gasteiger partial charge in [-0.3, -0.25) is 4.79 Å². The Bertz CT molecular complexity index is 725. The highest BCUT2D eigenvalue weighted by Gasteiger charge is 2.18. The van der Waals surface area contributed by atoms with Gasteiger partial charge in [-0.25, -0.2) is 0 Å². The summed E-state index contributed by atoms with van der Waals surface area (Å²) in [4.78, 5) is 11.3. The van der Waals surface area contributed by atoms with Crippen LogP contribution < -0.4 is 0 Å². The Morgan fingerprint density at radius 3 is 2.28 bits per heavy atom. The number of Topliss-reactive ketones (excluding diaryl/α,β-unsaturated/α-hetero) is 1. The van der Waals surface area contributed by atoms with Crippen molar-refractivity contribution in [2.75, 3.05) is 0 Å². The van der Waals surface area contributed by atoms with Crippen molar-refractivity contribution in [1.29, 1.82) is 0 Å². The largest absolute Gasteiger partial charge is 0.507 e. The van der Waals surface area contributed by atoms with Crippen LogP contribution in [0.5, 0.6) is 11.5 Å². The lowest BCUT2D eigenvalue weighted by atomic mass is 10.1. The minimum atomic E-state index is -0.256. The second kappa shape index (κ2) is 3.50. The second-order valence-electron chi connectivity index (χ2n) is 4.15. The molecule has 1 heterocycles. The SMILES string of the molecule is CC(=O)c1cc2c(O)c3ccccc3c(O)c2o1. The summed E-state index contributed by atoms with van der Waals surface area (Å²) in [7, 11) is 0. The minimum Gasteiger partial charge on any atom is -0.507 e. The molecule has 0 bridgehead atoms. The molecule has 0 fully saturated rings. The molecule has 3 aromatic rings. The first-order valence-corrected chi connectivity index (χ1v) is 5.46. The molecule has 0 atom stereocenters. The Morgan fingerprint density at radius 2 is 1.67 bits per heavy atom. The van der Waals surface area contributed by atoms with Crippen LogP contribution in [0, 0.1) is 0 Å². The zero-order valence-electron chi connectivity index (χ0n) is 9.60. The predicted molar refractivity (Wildman–Crippen MR) is 67.1 cm³/mol. The molecule has 2 aromatic carbocycles. The molecule has 0 spiro atoms. The lowest BCUT2D eigenvalue weighted by Crippen LogP contribution is -1.85. The monoisotopic (exact) mass is 242 g/mol. The van der Waals surface area contributed by atoms with E-state index in [1.165, 1.54) is 13.0 Å². The van der Waals surface area contributed by atoms with E-state index >= 15 is 0 Å². The lowest BCUT2D eigenvalue weighted by Gasteiger charge is -2.04. The second-order valence-corrected chi connectivity index (χ2v) is 4.15. The van der Waals surface area contributed by atoms with E-state index in [9.17, 15) is 15.0 Å². The molecule has 2 N–H and O–H groups in total. The van der Waals surface area contributed by atoms with Gasteiger partial charge in [0.15, 0.2) is 22.9 Å². The average Bonchev–Trinajstić information content (AvgIpc) is 2.81. The van der Waals surface area contributed by atoms with E-state index in [0.29, 0.717) is 16.2 Å². The molecule has 0 aliphatic rings. The summed E-state index contributed by atoms with van der Waals surface area (Å²) in [6, 6.07) is 8.34. The fourth-order valence-corrected chi connectivity index (χ4v) is 2.08. The standard InChI is InChI=1S/C14H10O4/c1-7(15)11-6-10-12(16)8-4-2-3-5-9(8)13(17)14(10)18-11/h2-6,16-17H,1H3. The maximum Gasteiger partial charge on any atom is 0.194 e. The van der Waals surface area contributed by atoms with E-state index in [0.717, 1.165) is 0 Å². The van der Waals surface area contributed by atoms with Crippen LogP contribution in [0.2, 0.25) is 0 Å². The van der Waals surface area contributed by atoms with Gasteiger partial charge in [0, 0.05) is 17.7 Å². The number of carbonyl (C=O) groups excluding carboxylic acids is 1. The number of hydrogen-bond donors (Lipinski definition) is 2. The van der Waals surface area contributed by atoms with Gasteiger partial charge in [-0.15, -0.1) is 0 Å². The zero-order chi connectivity index (χ0) is 12.9. The van der Waals surface area contributed by atoms with E-state index in [2.05, 4.69) is 0 Å². The predicted octanol–water partition coefficient (Wildman–Crippen LogP) is 3.20. The van der Waals surface area contributed by atoms with E-state index in [1.54, 1.807) is 24.3 Å². The van der Waals surface area contributed by atoms with Crippen molar-refractivity contribution in [2.45, 2.75) is 6.92 Å². The normalized spacial score (nSPS) is 11.2. The highest BCUT2D eigenvalue weighted by Crippen LogP contribution is 2.42. The first-order chi connectivity index (χ1) is 8.59. The van der Waals surface area contributed by atoms with Gasteiger partial charge in [0.1, 0.15) is 5.75 Å². The maximum atomic E-state index is 11.3. The van der Waals surface area contributed by atoms with Crippen molar-refractivity contribution >= 4 is 27.5 Å². The van der Waals surface area contributed by atoms with Crippen LogP contribution >= 0.6 is 0 Å². The number of phenols is 2. The van der Waals surface area contributed by atoms with Crippen molar-refractivity contribution < 1.29 is 19.4 Å². The topological polar surface area (TPSA) is 70.7 Å². The molecule has 18 heavy (non-hydrogen) atoms. The van der Waals surface area contributed by atoms with Gasteiger partial charge in [-0.1, -0.05) is 24.3 Å². The molecule has 90 valence electrons. The molecule has 0 aliphatic carbocycles. The van der Waals surface area contributed by atoms with E-state index < -0.39 is 0 Å². The van der Waals surface area contributed by atoms with E-state index in [-0.39, 0.29) is 28.6 Å². The minimum absolute atomic E-state index is 0.00894. The fraction of sp³-hybridized carbons (Fsp3) is 0.0714. The highest BCUT2D eigenvalue weighted by molar-refractivity contribution is 6.10. The highest BCUT2D eigenvalue weighted by atomic mass is 16.4. The molecule has 0 amide bonds. The van der Waals surface area contributed by atoms with Crippen LogP contribution in [0.3, 0.4) is 0 Å². The van der Waals surface area contributed by atoms with Crippen molar-refractivity contribution in [2.24, 2.45) is 0 Å². The number of benzene rings is 2. The molecule has 1 aromatic heterocycles. The molecule has 4 nitrogen and oxygen atoms in total. The van der Waals surface area contributed by atoms with Gasteiger partial charge in [0.25, 0.3) is 0 Å². The number of carbonyl (C=O) groups is 1. The summed E-state index contributed by atoms with van der Waals surface area (Å²) in [5.74, 6) is -0.194. The summed E-state index contributed by atoms with van der Waals surface area (Å²) in [5.41, 5.74) is 0.136. The molecule has 0 saturated carbocycles. The third-order valence-corrected chi connectivity index (χ3v) is 2.99. The molecule has 0 unspecified atom stereocenters. The van der Waals surface area contributed by atoms with Crippen molar-refractivity contribution in [3.63, 3.8) is 0 Å². The summed E-state index contributed by atoms with van der Waals surface area (Å²) in [6.07, 6.45) is 0. The van der Waals surface area contributed by atoms with Gasteiger partial charge in [-0.05, 0) is 6.07 Å². The van der Waals surface area contributed by atoms with Gasteiger partial charge < -0.3 is 14.6 Å². The molecule has 4 heteroatoms.